The second-order valence-corrected chi connectivity index (χ2v) is 10.6. The first-order valence-corrected chi connectivity index (χ1v) is 13.9. The molecule has 0 radical (unpaired) electrons. The molecular weight excluding hydrogens is 540 g/mol. The fourth-order valence-electron chi connectivity index (χ4n) is 4.55. The zero-order chi connectivity index (χ0) is 29.5. The van der Waals surface area contributed by atoms with Crippen LogP contribution in [0.4, 0.5) is 34.6 Å². The third kappa shape index (κ3) is 8.76. The Hall–Kier alpha value is -4.48. The van der Waals surface area contributed by atoms with Crippen molar-refractivity contribution in [3.05, 3.63) is 75.0 Å². The third-order valence-corrected chi connectivity index (χ3v) is 7.23. The lowest BCUT2D eigenvalue weighted by Crippen LogP contribution is -2.25. The molecule has 0 spiro atoms. The van der Waals surface area contributed by atoms with Gasteiger partial charge in [-0.15, -0.1) is 9.36 Å². The van der Waals surface area contributed by atoms with E-state index < -0.39 is 0 Å². The average molecular weight is 589 g/mol. The van der Waals surface area contributed by atoms with Crippen molar-refractivity contribution in [1.29, 1.82) is 0 Å². The molecule has 0 fully saturated rings. The Morgan fingerprint density at radius 1 is 0.651 bits per heavy atom. The lowest BCUT2D eigenvalue weighted by molar-refractivity contribution is -0.659. The standard InChI is InChI=1S/C29H42N12.2CH3/c1-22-18-24(12-14-26(22)32-34-28-38(5)20-30-40(28)7)36(3)16-10-9-11-17-37(4)25-13-15-27(23(2)19-25)33-35-29-39(6)21-31-41(29)8;;/h12-15,18-21H,9-11,16-17H2,1-8H3;2*1H3/q+2;2*-1. The molecule has 0 saturated heterocycles. The molecule has 12 nitrogen and oxygen atoms in total. The number of aromatic nitrogens is 6. The van der Waals surface area contributed by atoms with E-state index in [4.69, 9.17) is 0 Å². The maximum Gasteiger partial charge on any atom is 0.403 e. The van der Waals surface area contributed by atoms with Gasteiger partial charge in [-0.2, -0.15) is 0 Å². The Bertz CT molecular complexity index is 1380. The summed E-state index contributed by atoms with van der Waals surface area (Å²) in [5, 5.41) is 26.0. The lowest BCUT2D eigenvalue weighted by atomic mass is 10.1. The first-order chi connectivity index (χ1) is 19.6. The van der Waals surface area contributed by atoms with Crippen molar-refractivity contribution in [3.63, 3.8) is 0 Å². The van der Waals surface area contributed by atoms with Crippen molar-refractivity contribution >= 4 is 34.6 Å². The van der Waals surface area contributed by atoms with Crippen LogP contribution in [0.2, 0.25) is 0 Å². The minimum absolute atomic E-state index is 0. The van der Waals surface area contributed by atoms with E-state index in [0.717, 1.165) is 54.9 Å². The monoisotopic (exact) mass is 588 g/mol. The fourth-order valence-corrected chi connectivity index (χ4v) is 4.55. The molecular formula is C31H48N12. The molecule has 232 valence electrons. The molecule has 0 N–H and O–H groups in total. The van der Waals surface area contributed by atoms with Gasteiger partial charge in [-0.3, -0.25) is 0 Å². The van der Waals surface area contributed by atoms with Crippen molar-refractivity contribution < 1.29 is 9.13 Å². The summed E-state index contributed by atoms with van der Waals surface area (Å²) in [7, 11) is 11.8. The van der Waals surface area contributed by atoms with Gasteiger partial charge in [0.15, 0.2) is 0 Å². The molecule has 43 heavy (non-hydrogen) atoms. The van der Waals surface area contributed by atoms with Gasteiger partial charge in [0.05, 0.1) is 28.2 Å². The summed E-state index contributed by atoms with van der Waals surface area (Å²) >= 11 is 0. The van der Waals surface area contributed by atoms with Gasteiger partial charge in [-0.25, -0.2) is 9.13 Å². The minimum atomic E-state index is 0. The number of rotatable bonds is 12. The first kappa shape index (κ1) is 34.7. The Labute approximate surface area is 257 Å². The van der Waals surface area contributed by atoms with Gasteiger partial charge >= 0.3 is 11.9 Å². The molecule has 4 aromatic rings. The molecule has 0 atom stereocenters. The Balaban J connectivity index is 0.00000323. The summed E-state index contributed by atoms with van der Waals surface area (Å²) in [4.78, 5) is 4.61. The largest absolute Gasteiger partial charge is 0.403 e. The first-order valence-electron chi connectivity index (χ1n) is 13.9. The predicted molar refractivity (Wildman–Crippen MR) is 173 cm³/mol. The van der Waals surface area contributed by atoms with E-state index >= 15 is 0 Å². The molecule has 2 heterocycles. The van der Waals surface area contributed by atoms with Crippen LogP contribution in [-0.2, 0) is 28.2 Å². The van der Waals surface area contributed by atoms with Gasteiger partial charge in [0.25, 0.3) is 0 Å². The quantitative estimate of drug-likeness (QED) is 0.0891. The third-order valence-electron chi connectivity index (χ3n) is 7.23. The molecule has 2 aromatic heterocycles. The van der Waals surface area contributed by atoms with Crippen LogP contribution in [0.5, 0.6) is 0 Å². The molecule has 2 aromatic carbocycles. The van der Waals surface area contributed by atoms with E-state index in [1.54, 1.807) is 22.0 Å². The van der Waals surface area contributed by atoms with Gasteiger partial charge in [0.1, 0.15) is 11.4 Å². The van der Waals surface area contributed by atoms with Crippen LogP contribution in [0.15, 0.2) is 69.5 Å². The summed E-state index contributed by atoms with van der Waals surface area (Å²) in [5.74, 6) is 1.39. The van der Waals surface area contributed by atoms with Gasteiger partial charge in [0, 0.05) is 48.8 Å². The predicted octanol–water partition coefficient (Wildman–Crippen LogP) is 5.89. The summed E-state index contributed by atoms with van der Waals surface area (Å²) in [6.45, 7) is 6.15. The van der Waals surface area contributed by atoms with E-state index in [2.05, 4.69) is 92.7 Å². The number of hydrogen-bond donors (Lipinski definition) is 0. The van der Waals surface area contributed by atoms with Crippen molar-refractivity contribution in [2.75, 3.05) is 37.0 Å². The minimum Gasteiger partial charge on any atom is -0.375 e. The van der Waals surface area contributed by atoms with Gasteiger partial charge in [0.2, 0.25) is 12.7 Å². The van der Waals surface area contributed by atoms with Gasteiger partial charge < -0.3 is 24.7 Å². The highest BCUT2D eigenvalue weighted by Gasteiger charge is 2.13. The molecule has 0 aliphatic rings. The lowest BCUT2D eigenvalue weighted by Gasteiger charge is -2.22. The summed E-state index contributed by atoms with van der Waals surface area (Å²) in [6, 6.07) is 12.6. The van der Waals surface area contributed by atoms with E-state index in [0.29, 0.717) is 11.9 Å². The Kier molecular flexibility index (Phi) is 12.6. The number of aryl methyl sites for hydroxylation is 6. The highest BCUT2D eigenvalue weighted by Crippen LogP contribution is 2.27. The molecule has 0 amide bonds. The second-order valence-electron chi connectivity index (χ2n) is 10.6. The topological polar surface area (TPSA) is 99.3 Å². The molecule has 12 heteroatoms. The second kappa shape index (κ2) is 15.7. The maximum absolute atomic E-state index is 4.44. The number of benzene rings is 2. The zero-order valence-electron chi connectivity index (χ0n) is 27.5. The smallest absolute Gasteiger partial charge is 0.375 e. The van der Waals surface area contributed by atoms with Gasteiger partial charge in [-0.05, 0) is 90.8 Å². The average Bonchev–Trinajstić information content (AvgIpc) is 3.45. The SMILES string of the molecule is Cc1cc(N(C)CCCCCN(C)c2ccc(N=Nc3n(C)nc[n+]3C)c(C)c2)ccc1N=Nc1n(C)nc[n+]1C.[CH3-].[CH3-]. The number of unbranched alkanes of at least 4 members (excludes halogenated alkanes) is 2. The number of azo groups is 2. The van der Waals surface area contributed by atoms with E-state index in [9.17, 15) is 0 Å². The molecule has 0 saturated carbocycles. The summed E-state index contributed by atoms with van der Waals surface area (Å²) in [6.07, 6.45) is 6.86. The van der Waals surface area contributed by atoms with Crippen molar-refractivity contribution in [2.24, 2.45) is 48.6 Å². The van der Waals surface area contributed by atoms with Crippen LogP contribution in [0, 0.1) is 28.7 Å². The van der Waals surface area contributed by atoms with Crippen molar-refractivity contribution in [1.82, 2.24) is 19.6 Å². The Morgan fingerprint density at radius 3 is 1.37 bits per heavy atom. The van der Waals surface area contributed by atoms with Crippen LogP contribution in [-0.4, -0.2) is 46.7 Å². The molecule has 0 unspecified atom stereocenters. The van der Waals surface area contributed by atoms with Crippen LogP contribution >= 0.6 is 0 Å². The zero-order valence-corrected chi connectivity index (χ0v) is 27.5. The summed E-state index contributed by atoms with van der Waals surface area (Å²) in [5.41, 5.74) is 6.29. The number of anilines is 2. The highest BCUT2D eigenvalue weighted by atomic mass is 15.4. The maximum atomic E-state index is 4.44. The number of hydrogen-bond acceptors (Lipinski definition) is 8. The summed E-state index contributed by atoms with van der Waals surface area (Å²) < 4.78 is 7.09. The molecule has 0 aliphatic heterocycles. The normalized spacial score (nSPS) is 11.2. The van der Waals surface area contributed by atoms with Crippen LogP contribution < -0.4 is 18.9 Å². The van der Waals surface area contributed by atoms with E-state index in [1.165, 1.54) is 11.4 Å². The van der Waals surface area contributed by atoms with Crippen molar-refractivity contribution in [2.45, 2.75) is 33.1 Å². The van der Waals surface area contributed by atoms with E-state index in [1.807, 2.05) is 49.5 Å². The fraction of sp³-hybridized carbons (Fsp3) is 0.419. The molecule has 4 rings (SSSR count). The van der Waals surface area contributed by atoms with Crippen LogP contribution in [0.25, 0.3) is 0 Å². The van der Waals surface area contributed by atoms with Crippen LogP contribution in [0.3, 0.4) is 0 Å². The van der Waals surface area contributed by atoms with Crippen molar-refractivity contribution in [3.8, 4) is 0 Å². The highest BCUT2D eigenvalue weighted by molar-refractivity contribution is 5.58. The van der Waals surface area contributed by atoms with Gasteiger partial charge in [-0.1, -0.05) is 10.2 Å². The van der Waals surface area contributed by atoms with E-state index in [-0.39, 0.29) is 14.9 Å². The number of nitrogens with zero attached hydrogens (tertiary/aromatic N) is 12. The Morgan fingerprint density at radius 2 is 1.05 bits per heavy atom. The molecule has 0 bridgehead atoms. The van der Waals surface area contributed by atoms with Crippen LogP contribution in [0.1, 0.15) is 30.4 Å². The molecule has 0 aliphatic carbocycles.